The van der Waals surface area contributed by atoms with Crippen molar-refractivity contribution in [3.8, 4) is 0 Å². The van der Waals surface area contributed by atoms with Crippen LogP contribution in [0.25, 0.3) is 0 Å². The summed E-state index contributed by atoms with van der Waals surface area (Å²) in [6, 6.07) is 0. The molecular weight excluding hydrogens is 244 g/mol. The predicted octanol–water partition coefficient (Wildman–Crippen LogP) is 3.05. The molecule has 2 aliphatic carbocycles. The molecule has 1 N–H and O–H groups in total. The Kier molecular flexibility index (Phi) is 2.14. The van der Waals surface area contributed by atoms with Crippen molar-refractivity contribution in [3.05, 3.63) is 0 Å². The van der Waals surface area contributed by atoms with Gasteiger partial charge in [-0.25, -0.2) is 0 Å². The fourth-order valence-corrected chi connectivity index (χ4v) is 4.73. The number of carboxylic acid groups (broad SMARTS) is 1. The lowest BCUT2D eigenvalue weighted by molar-refractivity contribution is -0.156. The van der Waals surface area contributed by atoms with E-state index in [1.165, 1.54) is 32.1 Å². The third-order valence-corrected chi connectivity index (χ3v) is 5.94. The molecule has 2 saturated carbocycles. The van der Waals surface area contributed by atoms with Gasteiger partial charge < -0.3 is 14.6 Å². The second-order valence-corrected chi connectivity index (χ2v) is 7.52. The van der Waals surface area contributed by atoms with Crippen molar-refractivity contribution in [2.24, 2.45) is 10.8 Å². The SMILES string of the molecule is CC1(CC2(C(=O)O)CCC34OC3(C2)O4)CCCCC1. The number of carbonyl (C=O) groups is 1. The van der Waals surface area contributed by atoms with Gasteiger partial charge in [-0.2, -0.15) is 0 Å². The van der Waals surface area contributed by atoms with Gasteiger partial charge in [-0.3, -0.25) is 4.79 Å². The van der Waals surface area contributed by atoms with Gasteiger partial charge in [-0.1, -0.05) is 26.2 Å². The highest BCUT2D eigenvalue weighted by atomic mass is 17.0. The third-order valence-electron chi connectivity index (χ3n) is 5.94. The summed E-state index contributed by atoms with van der Waals surface area (Å²) in [6.45, 7) is 2.28. The highest BCUT2D eigenvalue weighted by molar-refractivity contribution is 5.75. The number of hydrogen-bond donors (Lipinski definition) is 1. The number of hydrogen-bond acceptors (Lipinski definition) is 3. The van der Waals surface area contributed by atoms with Crippen LogP contribution in [0.4, 0.5) is 0 Å². The van der Waals surface area contributed by atoms with E-state index in [4.69, 9.17) is 9.47 Å². The Morgan fingerprint density at radius 2 is 1.74 bits per heavy atom. The molecule has 4 fully saturated rings. The standard InChI is InChI=1S/C15H22O4/c1-12(5-3-2-4-6-12)9-13(11(16)17)7-8-14-15(10-13,18-14)19-14/h2-10H2,1H3,(H,16,17). The first kappa shape index (κ1) is 12.2. The lowest BCUT2D eigenvalue weighted by Crippen LogP contribution is -2.41. The molecule has 0 radical (unpaired) electrons. The average Bonchev–Trinajstić information content (AvgIpc) is 3.14. The van der Waals surface area contributed by atoms with Crippen molar-refractivity contribution in [2.45, 2.75) is 76.3 Å². The van der Waals surface area contributed by atoms with Crippen LogP contribution < -0.4 is 0 Å². The summed E-state index contributed by atoms with van der Waals surface area (Å²) >= 11 is 0. The van der Waals surface area contributed by atoms with Gasteiger partial charge in [-0.15, -0.1) is 0 Å². The molecule has 0 aromatic heterocycles. The molecule has 4 heteroatoms. The fraction of sp³-hybridized carbons (Fsp3) is 0.933. The van der Waals surface area contributed by atoms with E-state index in [9.17, 15) is 9.90 Å². The molecule has 0 amide bonds. The second kappa shape index (κ2) is 3.34. The average molecular weight is 266 g/mol. The summed E-state index contributed by atoms with van der Waals surface area (Å²) in [5, 5.41) is 9.79. The minimum atomic E-state index is -0.645. The molecule has 4 nitrogen and oxygen atoms in total. The molecule has 0 aromatic rings. The van der Waals surface area contributed by atoms with Crippen molar-refractivity contribution in [1.82, 2.24) is 0 Å². The first-order chi connectivity index (χ1) is 8.94. The van der Waals surface area contributed by atoms with E-state index < -0.39 is 17.2 Å². The van der Waals surface area contributed by atoms with Gasteiger partial charge in [0.1, 0.15) is 0 Å². The normalized spacial score (nSPS) is 49.9. The molecule has 0 aromatic carbocycles. The van der Waals surface area contributed by atoms with Crippen LogP contribution in [0.3, 0.4) is 0 Å². The zero-order valence-corrected chi connectivity index (χ0v) is 11.5. The van der Waals surface area contributed by atoms with Crippen LogP contribution in [0.1, 0.15) is 64.7 Å². The van der Waals surface area contributed by atoms with Gasteiger partial charge in [-0.05, 0) is 31.1 Å². The molecule has 4 aliphatic rings. The van der Waals surface area contributed by atoms with Crippen molar-refractivity contribution < 1.29 is 19.4 Å². The van der Waals surface area contributed by atoms with Crippen LogP contribution in [0.2, 0.25) is 0 Å². The van der Waals surface area contributed by atoms with E-state index in [0.29, 0.717) is 12.8 Å². The van der Waals surface area contributed by atoms with Crippen LogP contribution in [-0.2, 0) is 14.3 Å². The molecule has 2 heterocycles. The van der Waals surface area contributed by atoms with Gasteiger partial charge >= 0.3 is 5.97 Å². The number of carboxylic acids is 1. The van der Waals surface area contributed by atoms with Crippen molar-refractivity contribution in [3.63, 3.8) is 0 Å². The Labute approximate surface area is 113 Å². The number of ether oxygens (including phenoxy) is 2. The molecular formula is C15H22O4. The lowest BCUT2D eigenvalue weighted by Gasteiger charge is -2.41. The van der Waals surface area contributed by atoms with Crippen molar-refractivity contribution in [1.29, 1.82) is 0 Å². The second-order valence-electron chi connectivity index (χ2n) is 7.52. The fourth-order valence-electron chi connectivity index (χ4n) is 4.73. The summed E-state index contributed by atoms with van der Waals surface area (Å²) in [7, 11) is 0. The maximum absolute atomic E-state index is 11.9. The molecule has 0 spiro atoms. The van der Waals surface area contributed by atoms with E-state index in [0.717, 1.165) is 12.8 Å². The molecule has 19 heavy (non-hydrogen) atoms. The summed E-state index contributed by atoms with van der Waals surface area (Å²) in [4.78, 5) is 11.9. The minimum Gasteiger partial charge on any atom is -0.481 e. The predicted molar refractivity (Wildman–Crippen MR) is 67.4 cm³/mol. The Hall–Kier alpha value is -0.610. The van der Waals surface area contributed by atoms with Gasteiger partial charge in [0.15, 0.2) is 0 Å². The summed E-state index contributed by atoms with van der Waals surface area (Å²) < 4.78 is 11.2. The third kappa shape index (κ3) is 1.56. The maximum atomic E-state index is 11.9. The Balaban J connectivity index is 1.56. The topological polar surface area (TPSA) is 62.4 Å². The molecule has 106 valence electrons. The van der Waals surface area contributed by atoms with Gasteiger partial charge in [0.25, 0.3) is 0 Å². The highest BCUT2D eigenvalue weighted by Gasteiger charge is 2.93. The van der Waals surface area contributed by atoms with Gasteiger partial charge in [0.05, 0.1) is 5.41 Å². The van der Waals surface area contributed by atoms with E-state index in [-0.39, 0.29) is 11.2 Å². The number of epoxide rings is 2. The zero-order valence-electron chi connectivity index (χ0n) is 11.5. The smallest absolute Gasteiger partial charge is 0.309 e. The van der Waals surface area contributed by atoms with Crippen molar-refractivity contribution in [2.75, 3.05) is 0 Å². The van der Waals surface area contributed by atoms with Crippen LogP contribution in [0.5, 0.6) is 0 Å². The van der Waals surface area contributed by atoms with Crippen LogP contribution >= 0.6 is 0 Å². The van der Waals surface area contributed by atoms with E-state index in [1.807, 2.05) is 0 Å². The molecule has 0 bridgehead atoms. The van der Waals surface area contributed by atoms with Crippen LogP contribution in [0, 0.1) is 10.8 Å². The quantitative estimate of drug-likeness (QED) is 0.797. The molecule has 1 unspecified atom stereocenters. The zero-order chi connectivity index (χ0) is 13.4. The molecule has 1 atom stereocenters. The summed E-state index contributed by atoms with van der Waals surface area (Å²) in [5.41, 5.74) is -0.431. The Morgan fingerprint density at radius 3 is 2.32 bits per heavy atom. The Bertz CT molecular complexity index is 431. The van der Waals surface area contributed by atoms with Gasteiger partial charge in [0, 0.05) is 12.8 Å². The summed E-state index contributed by atoms with van der Waals surface area (Å²) in [6.07, 6.45) is 8.95. The van der Waals surface area contributed by atoms with Crippen LogP contribution in [-0.4, -0.2) is 22.7 Å². The summed E-state index contributed by atoms with van der Waals surface area (Å²) in [5.74, 6) is -1.48. The van der Waals surface area contributed by atoms with E-state index in [2.05, 4.69) is 6.92 Å². The van der Waals surface area contributed by atoms with E-state index >= 15 is 0 Å². The maximum Gasteiger partial charge on any atom is 0.309 e. The first-order valence-electron chi connectivity index (χ1n) is 7.57. The first-order valence-corrected chi connectivity index (χ1v) is 7.57. The minimum absolute atomic E-state index is 0.192. The van der Waals surface area contributed by atoms with Gasteiger partial charge in [0.2, 0.25) is 11.6 Å². The lowest BCUT2D eigenvalue weighted by atomic mass is 9.61. The van der Waals surface area contributed by atoms with E-state index in [1.54, 1.807) is 0 Å². The van der Waals surface area contributed by atoms with Crippen molar-refractivity contribution >= 4 is 5.97 Å². The number of rotatable bonds is 3. The largest absolute Gasteiger partial charge is 0.481 e. The molecule has 4 rings (SSSR count). The molecule has 2 aliphatic heterocycles. The Morgan fingerprint density at radius 1 is 1.05 bits per heavy atom. The highest BCUT2D eigenvalue weighted by Crippen LogP contribution is 2.77. The number of aliphatic carboxylic acids is 1. The van der Waals surface area contributed by atoms with Crippen LogP contribution in [0.15, 0.2) is 0 Å². The molecule has 2 saturated heterocycles. The monoisotopic (exact) mass is 266 g/mol.